The Balaban J connectivity index is 0.854. The normalized spacial score (nSPS) is 22.8. The van der Waals surface area contributed by atoms with Crippen molar-refractivity contribution in [3.8, 4) is 6.07 Å². The quantitative estimate of drug-likeness (QED) is 0.102. The molecule has 0 unspecified atom stereocenters. The molecule has 4 aliphatic rings. The molecule has 2 bridgehead atoms. The lowest BCUT2D eigenvalue weighted by Crippen LogP contribution is -2.47. The van der Waals surface area contributed by atoms with E-state index in [-0.39, 0.29) is 48.5 Å². The van der Waals surface area contributed by atoms with E-state index in [1.807, 2.05) is 34.1 Å². The number of carbonyl (C=O) groups excluding carboxylic acids is 4. The van der Waals surface area contributed by atoms with Gasteiger partial charge in [0.15, 0.2) is 5.11 Å². The number of halogens is 2. The van der Waals surface area contributed by atoms with Gasteiger partial charge in [-0.25, -0.2) is 8.78 Å². The third kappa shape index (κ3) is 12.8. The molecule has 68 heavy (non-hydrogen) atoms. The number of likely N-dealkylation sites (tertiary alicyclic amines) is 1. The number of amides is 4. The number of benzene rings is 2. The van der Waals surface area contributed by atoms with Crippen molar-refractivity contribution in [2.24, 2.45) is 0 Å². The van der Waals surface area contributed by atoms with Gasteiger partial charge in [-0.15, -0.1) is 0 Å². The molecule has 4 amide bonds. The van der Waals surface area contributed by atoms with E-state index >= 15 is 0 Å². The average Bonchev–Trinajstić information content (AvgIpc) is 3.96. The highest BCUT2D eigenvalue weighted by Gasteiger charge is 2.55. The molecule has 2 aliphatic carbocycles. The van der Waals surface area contributed by atoms with Gasteiger partial charge in [0.1, 0.15) is 6.04 Å². The predicted molar refractivity (Wildman–Crippen MR) is 249 cm³/mol. The van der Waals surface area contributed by atoms with Gasteiger partial charge in [-0.2, -0.15) is 5.26 Å². The van der Waals surface area contributed by atoms with Crippen molar-refractivity contribution < 1.29 is 47.8 Å². The van der Waals surface area contributed by atoms with E-state index in [1.54, 1.807) is 24.3 Å². The summed E-state index contributed by atoms with van der Waals surface area (Å²) in [4.78, 5) is 86.0. The highest BCUT2D eigenvalue weighted by Crippen LogP contribution is 2.50. The third-order valence-corrected chi connectivity index (χ3v) is 13.4. The van der Waals surface area contributed by atoms with E-state index in [1.165, 1.54) is 12.3 Å². The highest BCUT2D eigenvalue weighted by molar-refractivity contribution is 7.80. The lowest BCUT2D eigenvalue weighted by molar-refractivity contribution is -0.140. The standard InChI is InChI=1S/C46H55F2N11O8S/c47-46(48)22-32(23-49)59(29-46)38(62)24-51-42(67)34-10-15-50-41-33(34)2-1-3-35(41)53-36(60)8-9-37(61)54-44-11-13-45(28-44,14-12-44)55-43(68)52-31-6-4-30(5-7-31)25-56-16-18-57(26-39(63)64)20-21-58(19-17-56)27-40(65)66/h1-7,10,15,32H,8-9,11-14,16-22,24-29H2,(H,51,67)(H,53,60)(H,54,61)(H,63,64)(H,65,66)(H2,52,55,68)/t32-,44?,45?/m0/s1. The van der Waals surface area contributed by atoms with Crippen LogP contribution in [-0.4, -0.2) is 164 Å². The first kappa shape index (κ1) is 49.5. The van der Waals surface area contributed by atoms with Crippen LogP contribution in [0, 0.1) is 11.3 Å². The van der Waals surface area contributed by atoms with Crippen LogP contribution in [0.2, 0.25) is 0 Å². The average molecular weight is 960 g/mol. The fourth-order valence-corrected chi connectivity index (χ4v) is 10.1. The van der Waals surface area contributed by atoms with E-state index in [9.17, 15) is 53.0 Å². The van der Waals surface area contributed by atoms with Crippen LogP contribution >= 0.6 is 12.2 Å². The molecule has 3 heterocycles. The summed E-state index contributed by atoms with van der Waals surface area (Å²) in [5, 5.41) is 44.0. The zero-order chi connectivity index (χ0) is 48.6. The van der Waals surface area contributed by atoms with Crippen molar-refractivity contribution in [3.63, 3.8) is 0 Å². The van der Waals surface area contributed by atoms with Gasteiger partial charge in [-0.1, -0.05) is 24.3 Å². The van der Waals surface area contributed by atoms with Gasteiger partial charge in [0, 0.05) is 93.4 Å². The van der Waals surface area contributed by atoms with Crippen LogP contribution in [0.3, 0.4) is 0 Å². The number of hydrogen-bond acceptors (Lipinski definition) is 12. The number of anilines is 2. The van der Waals surface area contributed by atoms with Crippen molar-refractivity contribution >= 4 is 75.2 Å². The van der Waals surface area contributed by atoms with Gasteiger partial charge >= 0.3 is 11.9 Å². The number of hydrogen-bond donors (Lipinski definition) is 7. The Kier molecular flexibility index (Phi) is 15.5. The van der Waals surface area contributed by atoms with Gasteiger partial charge in [0.2, 0.25) is 17.7 Å². The minimum absolute atomic E-state index is 0.0659. The second-order valence-corrected chi connectivity index (χ2v) is 18.6. The van der Waals surface area contributed by atoms with Crippen LogP contribution in [0.5, 0.6) is 0 Å². The fourth-order valence-electron chi connectivity index (χ4n) is 9.76. The van der Waals surface area contributed by atoms with Gasteiger partial charge in [-0.05, 0) is 74.2 Å². The lowest BCUT2D eigenvalue weighted by atomic mass is 9.91. The molecule has 19 nitrogen and oxygen atoms in total. The Morgan fingerprint density at radius 2 is 1.40 bits per heavy atom. The van der Waals surface area contributed by atoms with E-state index in [2.05, 4.69) is 36.5 Å². The molecule has 22 heteroatoms. The molecule has 1 aromatic heterocycles. The Hall–Kier alpha value is -6.41. The van der Waals surface area contributed by atoms with Crippen LogP contribution in [0.15, 0.2) is 54.7 Å². The number of rotatable bonds is 16. The monoisotopic (exact) mass is 959 g/mol. The number of aliphatic carboxylic acids is 2. The summed E-state index contributed by atoms with van der Waals surface area (Å²) in [5.74, 6) is -7.23. The van der Waals surface area contributed by atoms with Crippen LogP contribution in [0.4, 0.5) is 20.2 Å². The Labute approximate surface area is 396 Å². The smallest absolute Gasteiger partial charge is 0.317 e. The largest absolute Gasteiger partial charge is 0.480 e. The summed E-state index contributed by atoms with van der Waals surface area (Å²) >= 11 is 5.74. The number of thiocarbonyl (C=S) groups is 1. The minimum atomic E-state index is -3.19. The second kappa shape index (κ2) is 21.3. The van der Waals surface area contributed by atoms with Crippen LogP contribution in [-0.2, 0) is 30.5 Å². The van der Waals surface area contributed by atoms with Crippen molar-refractivity contribution in [2.45, 2.75) is 81.0 Å². The number of nitrogens with one attached hydrogen (secondary N) is 5. The molecule has 362 valence electrons. The zero-order valence-electron chi connectivity index (χ0n) is 37.4. The summed E-state index contributed by atoms with van der Waals surface area (Å²) in [5.41, 5.74) is 1.81. The maximum Gasteiger partial charge on any atom is 0.317 e. The van der Waals surface area contributed by atoms with Gasteiger partial charge in [0.05, 0.1) is 49.0 Å². The van der Waals surface area contributed by atoms with Crippen molar-refractivity contribution in [1.29, 1.82) is 5.26 Å². The summed E-state index contributed by atoms with van der Waals surface area (Å²) in [6.07, 6.45) is 4.15. The molecular weight excluding hydrogens is 905 g/mol. The first-order chi connectivity index (χ1) is 32.4. The van der Waals surface area contributed by atoms with Gasteiger partial charge in [0.25, 0.3) is 11.8 Å². The number of aromatic nitrogens is 1. The SMILES string of the molecule is N#C[C@@H]1CC(F)(F)CN1C(=O)CNC(=O)c1ccnc2c(NC(=O)CCC(=O)NC34CCC(NC(=S)Nc5ccc(CN6CCN(CC(=O)O)CCN(CC(=O)O)CC6)cc5)(CC3)C4)cccc12. The Bertz CT molecular complexity index is 2440. The lowest BCUT2D eigenvalue weighted by Gasteiger charge is -2.30. The summed E-state index contributed by atoms with van der Waals surface area (Å²) in [6.45, 7) is 2.21. The van der Waals surface area contributed by atoms with Crippen molar-refractivity contribution in [2.75, 3.05) is 76.1 Å². The zero-order valence-corrected chi connectivity index (χ0v) is 38.2. The van der Waals surface area contributed by atoms with Gasteiger partial charge in [-0.3, -0.25) is 48.5 Å². The highest BCUT2D eigenvalue weighted by atomic mass is 32.1. The van der Waals surface area contributed by atoms with E-state index in [0.717, 1.165) is 41.8 Å². The number of carbonyl (C=O) groups is 6. The van der Waals surface area contributed by atoms with Crippen molar-refractivity contribution in [1.82, 2.24) is 40.5 Å². The number of nitriles is 1. The molecule has 2 saturated heterocycles. The topological polar surface area (TPSA) is 253 Å². The molecule has 4 fully saturated rings. The number of fused-ring (bicyclic) bond motifs is 3. The number of para-hydroxylation sites is 1. The number of nitrogens with zero attached hydrogens (tertiary/aromatic N) is 6. The first-order valence-corrected chi connectivity index (χ1v) is 22.9. The molecule has 0 spiro atoms. The van der Waals surface area contributed by atoms with Crippen LogP contribution < -0.4 is 26.6 Å². The van der Waals surface area contributed by atoms with E-state index in [0.29, 0.717) is 68.4 Å². The minimum Gasteiger partial charge on any atom is -0.480 e. The first-order valence-electron chi connectivity index (χ1n) is 22.5. The second-order valence-electron chi connectivity index (χ2n) is 18.2. The summed E-state index contributed by atoms with van der Waals surface area (Å²) in [6, 6.07) is 14.5. The molecule has 0 radical (unpaired) electrons. The summed E-state index contributed by atoms with van der Waals surface area (Å²) in [7, 11) is 0. The van der Waals surface area contributed by atoms with Crippen molar-refractivity contribution in [3.05, 3.63) is 65.9 Å². The molecule has 1 atom stereocenters. The third-order valence-electron chi connectivity index (χ3n) is 13.2. The Morgan fingerprint density at radius 3 is 2.01 bits per heavy atom. The maximum absolute atomic E-state index is 13.9. The van der Waals surface area contributed by atoms with Crippen LogP contribution in [0.1, 0.15) is 67.3 Å². The number of pyridine rings is 1. The maximum atomic E-state index is 13.9. The number of carboxylic acids is 2. The molecule has 2 aliphatic heterocycles. The molecule has 7 rings (SSSR count). The van der Waals surface area contributed by atoms with Crippen LogP contribution in [0.25, 0.3) is 10.9 Å². The summed E-state index contributed by atoms with van der Waals surface area (Å²) < 4.78 is 27.7. The molecule has 2 saturated carbocycles. The number of alkyl halides is 2. The fraction of sp³-hybridized carbons (Fsp3) is 0.500. The molecular formula is C46H55F2N11O8S. The van der Waals surface area contributed by atoms with Gasteiger partial charge < -0.3 is 41.7 Å². The predicted octanol–water partition coefficient (Wildman–Crippen LogP) is 2.59. The van der Waals surface area contributed by atoms with E-state index in [4.69, 9.17) is 12.2 Å². The Morgan fingerprint density at radius 1 is 0.794 bits per heavy atom. The molecule has 2 aromatic carbocycles. The molecule has 3 aromatic rings. The van der Waals surface area contributed by atoms with E-state index < -0.39 is 66.7 Å². The number of carboxylic acid groups (broad SMARTS) is 2. The molecule has 7 N–H and O–H groups in total.